The highest BCUT2D eigenvalue weighted by atomic mass is 19.1. The lowest BCUT2D eigenvalue weighted by Crippen LogP contribution is -2.29. The Hall–Kier alpha value is -4.03. The van der Waals surface area contributed by atoms with Crippen LogP contribution in [0.25, 0.3) is 16.8 Å². The van der Waals surface area contributed by atoms with E-state index in [4.69, 9.17) is 25.4 Å². The molecule has 0 atom stereocenters. The Bertz CT molecular complexity index is 1230. The molecule has 34 heavy (non-hydrogen) atoms. The van der Waals surface area contributed by atoms with Gasteiger partial charge in [0.2, 0.25) is 11.8 Å². The van der Waals surface area contributed by atoms with Crippen LogP contribution in [0.1, 0.15) is 17.5 Å². The van der Waals surface area contributed by atoms with Crippen molar-refractivity contribution in [2.45, 2.75) is 6.42 Å². The van der Waals surface area contributed by atoms with Gasteiger partial charge in [-0.25, -0.2) is 9.37 Å². The van der Waals surface area contributed by atoms with E-state index in [0.29, 0.717) is 39.9 Å². The molecule has 1 fully saturated rings. The summed E-state index contributed by atoms with van der Waals surface area (Å²) in [6, 6.07) is 6.31. The maximum Gasteiger partial charge on any atom is 0.229 e. The van der Waals surface area contributed by atoms with E-state index in [1.807, 2.05) is 12.1 Å². The summed E-state index contributed by atoms with van der Waals surface area (Å²) in [6.45, 7) is 3.25. The molecule has 9 heteroatoms. The summed E-state index contributed by atoms with van der Waals surface area (Å²) in [6.07, 6.45) is 8.02. The molecule has 0 amide bonds. The van der Waals surface area contributed by atoms with Crippen molar-refractivity contribution in [1.82, 2.24) is 20.6 Å². The third-order valence-electron chi connectivity index (χ3n) is 5.68. The van der Waals surface area contributed by atoms with Gasteiger partial charge in [-0.1, -0.05) is 12.1 Å². The summed E-state index contributed by atoms with van der Waals surface area (Å²) in [4.78, 5) is 11.7. The van der Waals surface area contributed by atoms with Gasteiger partial charge in [0.25, 0.3) is 0 Å². The standard InChI is InChI=1S/C25H26FN7O/c1-29-15-19-12-16(6-7-21(19)28)22-23(17-4-5-18(14-27)20(26)13-17)31-25(32-24(22)34-2)33-10-3-8-30-9-11-33/h4-7,12-13,15,28-30H,3,8-11H2,1-2H3/b19-15-,28-21?. The van der Waals surface area contributed by atoms with E-state index in [2.05, 4.69) is 15.5 Å². The zero-order chi connectivity index (χ0) is 24.1. The molecule has 1 saturated heterocycles. The molecule has 1 aromatic carbocycles. The first-order valence-electron chi connectivity index (χ1n) is 11.0. The van der Waals surface area contributed by atoms with E-state index in [9.17, 15) is 4.39 Å². The van der Waals surface area contributed by atoms with Gasteiger partial charge in [-0.3, -0.25) is 0 Å². The Morgan fingerprint density at radius 2 is 2.12 bits per heavy atom. The van der Waals surface area contributed by atoms with Crippen molar-refractivity contribution in [1.29, 1.82) is 10.7 Å². The summed E-state index contributed by atoms with van der Waals surface area (Å²) in [7, 11) is 3.31. The first-order valence-corrected chi connectivity index (χ1v) is 11.0. The monoisotopic (exact) mass is 459 g/mol. The van der Waals surface area contributed by atoms with Crippen molar-refractivity contribution in [2.24, 2.45) is 0 Å². The zero-order valence-corrected chi connectivity index (χ0v) is 19.2. The molecule has 3 N–H and O–H groups in total. The highest BCUT2D eigenvalue weighted by molar-refractivity contribution is 6.13. The summed E-state index contributed by atoms with van der Waals surface area (Å²) >= 11 is 0. The van der Waals surface area contributed by atoms with Crippen LogP contribution in [-0.4, -0.2) is 56.0 Å². The number of hydrogen-bond donors (Lipinski definition) is 3. The Morgan fingerprint density at radius 3 is 2.85 bits per heavy atom. The van der Waals surface area contributed by atoms with Crippen LogP contribution < -0.4 is 20.3 Å². The predicted octanol–water partition coefficient (Wildman–Crippen LogP) is 3.04. The molecule has 1 aliphatic carbocycles. The molecule has 0 saturated carbocycles. The molecule has 2 heterocycles. The quantitative estimate of drug-likeness (QED) is 0.630. The van der Waals surface area contributed by atoms with Crippen LogP contribution >= 0.6 is 0 Å². The van der Waals surface area contributed by atoms with Gasteiger partial charge in [0.15, 0.2) is 0 Å². The summed E-state index contributed by atoms with van der Waals surface area (Å²) < 4.78 is 20.3. The van der Waals surface area contributed by atoms with E-state index in [1.54, 1.807) is 38.6 Å². The number of aromatic nitrogens is 2. The number of rotatable bonds is 5. The van der Waals surface area contributed by atoms with Crippen molar-refractivity contribution < 1.29 is 9.13 Å². The van der Waals surface area contributed by atoms with Crippen LogP contribution in [0.15, 0.2) is 48.2 Å². The number of ether oxygens (including phenoxy) is 1. The van der Waals surface area contributed by atoms with Gasteiger partial charge in [0.1, 0.15) is 11.9 Å². The van der Waals surface area contributed by atoms with Crippen molar-refractivity contribution >= 4 is 17.2 Å². The highest BCUT2D eigenvalue weighted by Gasteiger charge is 2.24. The second-order valence-electron chi connectivity index (χ2n) is 7.89. The van der Waals surface area contributed by atoms with Crippen LogP contribution in [0.3, 0.4) is 0 Å². The fraction of sp³-hybridized carbons (Fsp3) is 0.280. The minimum Gasteiger partial charge on any atom is -0.480 e. The van der Waals surface area contributed by atoms with Gasteiger partial charge in [-0.05, 0) is 42.8 Å². The molecule has 174 valence electrons. The van der Waals surface area contributed by atoms with E-state index in [-0.39, 0.29) is 5.56 Å². The lowest BCUT2D eigenvalue weighted by atomic mass is 9.93. The Balaban J connectivity index is 1.94. The predicted molar refractivity (Wildman–Crippen MR) is 130 cm³/mol. The molecule has 2 aromatic rings. The van der Waals surface area contributed by atoms with Crippen LogP contribution in [-0.2, 0) is 0 Å². The van der Waals surface area contributed by atoms with Crippen molar-refractivity contribution in [3.05, 3.63) is 65.1 Å². The van der Waals surface area contributed by atoms with Gasteiger partial charge in [0.05, 0.1) is 29.6 Å². The van der Waals surface area contributed by atoms with Gasteiger partial charge in [-0.15, -0.1) is 0 Å². The molecule has 0 radical (unpaired) electrons. The molecule has 1 aliphatic heterocycles. The molecule has 4 rings (SSSR count). The summed E-state index contributed by atoms with van der Waals surface area (Å²) in [5.74, 6) is 0.244. The highest BCUT2D eigenvalue weighted by Crippen LogP contribution is 2.38. The summed E-state index contributed by atoms with van der Waals surface area (Å²) in [5, 5.41) is 23.7. The van der Waals surface area contributed by atoms with Crippen LogP contribution in [0.4, 0.5) is 10.3 Å². The average molecular weight is 460 g/mol. The fourth-order valence-electron chi connectivity index (χ4n) is 3.98. The molecule has 0 spiro atoms. The van der Waals surface area contributed by atoms with Gasteiger partial charge in [-0.2, -0.15) is 10.2 Å². The van der Waals surface area contributed by atoms with Gasteiger partial charge in [0, 0.05) is 44.0 Å². The fourth-order valence-corrected chi connectivity index (χ4v) is 3.98. The van der Waals surface area contributed by atoms with E-state index >= 15 is 0 Å². The second kappa shape index (κ2) is 10.3. The second-order valence-corrected chi connectivity index (χ2v) is 7.89. The topological polar surface area (TPSA) is 110 Å². The molecular weight excluding hydrogens is 433 g/mol. The maximum atomic E-state index is 14.6. The normalized spacial score (nSPS) is 17.2. The van der Waals surface area contributed by atoms with E-state index < -0.39 is 5.82 Å². The van der Waals surface area contributed by atoms with Gasteiger partial charge >= 0.3 is 0 Å². The van der Waals surface area contributed by atoms with Crippen LogP contribution in [0.2, 0.25) is 0 Å². The zero-order valence-electron chi connectivity index (χ0n) is 19.2. The number of nitriles is 1. The third-order valence-corrected chi connectivity index (χ3v) is 5.68. The molecular formula is C25H26FN7O. The minimum atomic E-state index is -0.616. The van der Waals surface area contributed by atoms with Crippen LogP contribution in [0, 0.1) is 22.6 Å². The molecule has 1 aromatic heterocycles. The molecule has 2 aliphatic rings. The number of anilines is 1. The molecule has 8 nitrogen and oxygen atoms in total. The maximum absolute atomic E-state index is 14.6. The minimum absolute atomic E-state index is 0.0328. The Labute approximate surface area is 198 Å². The third kappa shape index (κ3) is 4.67. The first-order chi connectivity index (χ1) is 16.5. The lowest BCUT2D eigenvalue weighted by molar-refractivity contribution is 0.395. The smallest absolute Gasteiger partial charge is 0.229 e. The summed E-state index contributed by atoms with van der Waals surface area (Å²) in [5.41, 5.74) is 3.34. The Morgan fingerprint density at radius 1 is 1.26 bits per heavy atom. The number of nitrogens with zero attached hydrogens (tertiary/aromatic N) is 4. The molecule has 0 unspecified atom stereocenters. The molecule has 0 bridgehead atoms. The number of methoxy groups -OCH3 is 1. The average Bonchev–Trinajstić information content (AvgIpc) is 3.14. The largest absolute Gasteiger partial charge is 0.480 e. The lowest BCUT2D eigenvalue weighted by Gasteiger charge is -2.23. The van der Waals surface area contributed by atoms with Crippen molar-refractivity contribution in [3.8, 4) is 23.2 Å². The van der Waals surface area contributed by atoms with Gasteiger partial charge < -0.3 is 25.7 Å². The number of halogens is 1. The van der Waals surface area contributed by atoms with Crippen LogP contribution in [0.5, 0.6) is 5.88 Å². The number of benzene rings is 1. The first kappa shape index (κ1) is 23.1. The number of nitrogens with one attached hydrogen (secondary N) is 3. The van der Waals surface area contributed by atoms with E-state index in [0.717, 1.165) is 38.2 Å². The van der Waals surface area contributed by atoms with Crippen molar-refractivity contribution in [3.63, 3.8) is 0 Å². The number of allylic oxidation sites excluding steroid dienone is 5. The van der Waals surface area contributed by atoms with Crippen molar-refractivity contribution in [2.75, 3.05) is 45.2 Å². The van der Waals surface area contributed by atoms with E-state index in [1.165, 1.54) is 12.1 Å². The Kier molecular flexibility index (Phi) is 6.99. The number of hydrogen-bond acceptors (Lipinski definition) is 8. The SMILES string of the molecule is CN/C=C1/C=C(c2c(OC)nc(N3CCCNCC3)nc2-c2ccc(C#N)c(F)c2)C=CC1=N.